The Hall–Kier alpha value is -1.89. The number of hydrogen-bond acceptors (Lipinski definition) is 4. The van der Waals surface area contributed by atoms with Gasteiger partial charge in [-0.05, 0) is 39.2 Å². The Morgan fingerprint density at radius 1 is 1.27 bits per heavy atom. The van der Waals surface area contributed by atoms with E-state index >= 15 is 0 Å². The molecule has 0 bridgehead atoms. The summed E-state index contributed by atoms with van der Waals surface area (Å²) in [5.41, 5.74) is 2.05. The van der Waals surface area contributed by atoms with E-state index in [1.807, 2.05) is 29.5 Å². The molecule has 0 radical (unpaired) electrons. The highest BCUT2D eigenvalue weighted by Crippen LogP contribution is 2.38. The Balaban J connectivity index is 1.59. The lowest BCUT2D eigenvalue weighted by Gasteiger charge is -2.48. The van der Waals surface area contributed by atoms with Gasteiger partial charge in [0, 0.05) is 56.7 Å². The van der Waals surface area contributed by atoms with E-state index in [9.17, 15) is 14.7 Å². The van der Waals surface area contributed by atoms with E-state index in [2.05, 4.69) is 5.10 Å². The average molecular weight is 362 g/mol. The normalized spacial score (nSPS) is 23.7. The Kier molecular flexibility index (Phi) is 5.65. The number of rotatable bonds is 5. The predicted molar refractivity (Wildman–Crippen MR) is 97.5 cm³/mol. The zero-order valence-corrected chi connectivity index (χ0v) is 15.9. The number of hydrogen-bond donors (Lipinski definition) is 1. The number of aliphatic hydroxyl groups is 1. The van der Waals surface area contributed by atoms with Crippen molar-refractivity contribution in [2.45, 2.75) is 52.5 Å². The summed E-state index contributed by atoms with van der Waals surface area (Å²) in [7, 11) is 0. The van der Waals surface area contributed by atoms with Crippen LogP contribution in [0.25, 0.3) is 0 Å². The molecule has 2 aliphatic heterocycles. The first kappa shape index (κ1) is 18.9. The van der Waals surface area contributed by atoms with Crippen LogP contribution in [0.3, 0.4) is 0 Å². The molecule has 0 aromatic carbocycles. The molecule has 1 aromatic heterocycles. The summed E-state index contributed by atoms with van der Waals surface area (Å²) in [5.74, 6) is 0.292. The minimum atomic E-state index is -0.00684. The van der Waals surface area contributed by atoms with Crippen LogP contribution in [0.15, 0.2) is 6.07 Å². The van der Waals surface area contributed by atoms with Crippen LogP contribution in [0.2, 0.25) is 0 Å². The lowest BCUT2D eigenvalue weighted by Crippen LogP contribution is -2.55. The van der Waals surface area contributed by atoms with Gasteiger partial charge in [-0.2, -0.15) is 5.10 Å². The first-order valence-corrected chi connectivity index (χ1v) is 9.60. The number of β-amino-alcohol motifs (C(OH)–C–C–N with tert-alkyl or cyclic N) is 1. The molecule has 2 aliphatic rings. The third kappa shape index (κ3) is 4.09. The molecule has 2 fully saturated rings. The summed E-state index contributed by atoms with van der Waals surface area (Å²) in [6.07, 6.45) is 3.84. The Morgan fingerprint density at radius 2 is 2.08 bits per heavy atom. The molecular formula is C19H30N4O3. The van der Waals surface area contributed by atoms with Gasteiger partial charge in [0.2, 0.25) is 11.8 Å². The third-order valence-corrected chi connectivity index (χ3v) is 5.77. The van der Waals surface area contributed by atoms with E-state index in [-0.39, 0.29) is 23.8 Å². The van der Waals surface area contributed by atoms with Crippen molar-refractivity contribution in [1.82, 2.24) is 19.6 Å². The minimum absolute atomic E-state index is 0.00477. The van der Waals surface area contributed by atoms with Crippen LogP contribution in [0, 0.1) is 19.3 Å². The monoisotopic (exact) mass is 362 g/mol. The summed E-state index contributed by atoms with van der Waals surface area (Å²) in [4.78, 5) is 28.5. The molecular weight excluding hydrogens is 332 g/mol. The quantitative estimate of drug-likeness (QED) is 0.851. The fourth-order valence-electron chi connectivity index (χ4n) is 4.44. The van der Waals surface area contributed by atoms with Crippen molar-refractivity contribution in [3.8, 4) is 0 Å². The number of piperidine rings is 2. The van der Waals surface area contributed by atoms with Gasteiger partial charge in [-0.25, -0.2) is 0 Å². The van der Waals surface area contributed by atoms with Crippen molar-refractivity contribution in [2.24, 2.45) is 5.41 Å². The molecule has 3 rings (SSSR count). The van der Waals surface area contributed by atoms with E-state index in [1.165, 1.54) is 0 Å². The predicted octanol–water partition coefficient (Wildman–Crippen LogP) is 1.11. The van der Waals surface area contributed by atoms with Crippen molar-refractivity contribution >= 4 is 11.8 Å². The molecule has 1 unspecified atom stereocenters. The molecule has 0 saturated carbocycles. The van der Waals surface area contributed by atoms with Crippen LogP contribution in [0.1, 0.15) is 43.5 Å². The zero-order chi connectivity index (χ0) is 18.7. The van der Waals surface area contributed by atoms with E-state index in [4.69, 9.17) is 0 Å². The fourth-order valence-corrected chi connectivity index (χ4v) is 4.44. The molecule has 1 aromatic rings. The van der Waals surface area contributed by atoms with Crippen molar-refractivity contribution in [3.05, 3.63) is 17.5 Å². The number of carbonyl (C=O) groups is 2. The second-order valence-electron chi connectivity index (χ2n) is 7.86. The lowest BCUT2D eigenvalue weighted by atomic mass is 9.73. The molecule has 2 amide bonds. The van der Waals surface area contributed by atoms with Crippen LogP contribution in [-0.2, 0) is 16.1 Å². The van der Waals surface area contributed by atoms with Gasteiger partial charge >= 0.3 is 0 Å². The summed E-state index contributed by atoms with van der Waals surface area (Å²) in [6, 6.07) is 2.02. The zero-order valence-electron chi connectivity index (χ0n) is 15.9. The number of aromatic nitrogens is 2. The molecule has 3 heterocycles. The van der Waals surface area contributed by atoms with E-state index in [0.29, 0.717) is 32.5 Å². The first-order valence-electron chi connectivity index (χ1n) is 9.60. The second-order valence-corrected chi connectivity index (χ2v) is 7.86. The highest BCUT2D eigenvalue weighted by atomic mass is 16.3. The van der Waals surface area contributed by atoms with Crippen LogP contribution < -0.4 is 0 Å². The van der Waals surface area contributed by atoms with Gasteiger partial charge in [-0.3, -0.25) is 14.3 Å². The smallest absolute Gasteiger partial charge is 0.224 e. The maximum absolute atomic E-state index is 12.8. The summed E-state index contributed by atoms with van der Waals surface area (Å²) < 4.78 is 1.90. The van der Waals surface area contributed by atoms with Gasteiger partial charge in [0.05, 0.1) is 12.3 Å². The average Bonchev–Trinajstić information content (AvgIpc) is 2.94. The van der Waals surface area contributed by atoms with Crippen LogP contribution >= 0.6 is 0 Å². The first-order chi connectivity index (χ1) is 12.4. The molecule has 1 spiro atoms. The van der Waals surface area contributed by atoms with E-state index in [0.717, 1.165) is 43.7 Å². The van der Waals surface area contributed by atoms with E-state index < -0.39 is 0 Å². The molecule has 26 heavy (non-hydrogen) atoms. The summed E-state index contributed by atoms with van der Waals surface area (Å²) in [6.45, 7) is 7.14. The Morgan fingerprint density at radius 3 is 2.77 bits per heavy atom. The van der Waals surface area contributed by atoms with Gasteiger partial charge in [0.1, 0.15) is 0 Å². The van der Waals surface area contributed by atoms with E-state index in [1.54, 1.807) is 4.90 Å². The molecule has 7 heteroatoms. The molecule has 2 saturated heterocycles. The Labute approximate surface area is 155 Å². The largest absolute Gasteiger partial charge is 0.395 e. The number of aryl methyl sites for hydroxylation is 3. The van der Waals surface area contributed by atoms with Crippen LogP contribution in [0.4, 0.5) is 0 Å². The highest BCUT2D eigenvalue weighted by molar-refractivity contribution is 5.78. The van der Waals surface area contributed by atoms with Gasteiger partial charge in [0.15, 0.2) is 0 Å². The molecule has 1 atom stereocenters. The highest BCUT2D eigenvalue weighted by Gasteiger charge is 2.42. The standard InChI is InChI=1S/C19H30N4O3/c1-15-12-16(2)23(20-15)9-5-18(26)21-8-3-6-19(13-21)7-4-17(25)22(14-19)10-11-24/h12,24H,3-11,13-14H2,1-2H3. The number of carbonyl (C=O) groups excluding carboxylic acids is 2. The molecule has 144 valence electrons. The van der Waals surface area contributed by atoms with Gasteiger partial charge in [-0.15, -0.1) is 0 Å². The third-order valence-electron chi connectivity index (χ3n) is 5.77. The van der Waals surface area contributed by atoms with Crippen LogP contribution in [-0.4, -0.2) is 69.3 Å². The van der Waals surface area contributed by atoms with Crippen molar-refractivity contribution in [1.29, 1.82) is 0 Å². The van der Waals surface area contributed by atoms with Crippen molar-refractivity contribution in [3.63, 3.8) is 0 Å². The maximum atomic E-state index is 12.8. The Bertz CT molecular complexity index is 672. The van der Waals surface area contributed by atoms with Crippen molar-refractivity contribution in [2.75, 3.05) is 32.8 Å². The maximum Gasteiger partial charge on any atom is 0.224 e. The SMILES string of the molecule is Cc1cc(C)n(CCC(=O)N2CCCC3(CCC(=O)N(CCO)C3)C2)n1. The summed E-state index contributed by atoms with van der Waals surface area (Å²) in [5, 5.41) is 13.6. The number of amides is 2. The summed E-state index contributed by atoms with van der Waals surface area (Å²) >= 11 is 0. The fraction of sp³-hybridized carbons (Fsp3) is 0.737. The van der Waals surface area contributed by atoms with Gasteiger partial charge in [0.25, 0.3) is 0 Å². The molecule has 0 aliphatic carbocycles. The van der Waals surface area contributed by atoms with Gasteiger partial charge < -0.3 is 14.9 Å². The topological polar surface area (TPSA) is 78.7 Å². The minimum Gasteiger partial charge on any atom is -0.395 e. The number of aliphatic hydroxyl groups excluding tert-OH is 1. The molecule has 1 N–H and O–H groups in total. The van der Waals surface area contributed by atoms with Gasteiger partial charge in [-0.1, -0.05) is 0 Å². The second kappa shape index (κ2) is 7.78. The molecule has 7 nitrogen and oxygen atoms in total. The number of nitrogens with zero attached hydrogens (tertiary/aromatic N) is 4. The van der Waals surface area contributed by atoms with Crippen LogP contribution in [0.5, 0.6) is 0 Å². The van der Waals surface area contributed by atoms with Crippen molar-refractivity contribution < 1.29 is 14.7 Å². The lowest BCUT2D eigenvalue weighted by molar-refractivity contribution is -0.143. The number of likely N-dealkylation sites (tertiary alicyclic amines) is 2.